The van der Waals surface area contributed by atoms with E-state index in [-0.39, 0.29) is 11.3 Å². The van der Waals surface area contributed by atoms with Gasteiger partial charge in [0.2, 0.25) is 5.91 Å². The molecule has 1 amide bonds. The first kappa shape index (κ1) is 14.3. The molecule has 0 N–H and O–H groups in total. The van der Waals surface area contributed by atoms with Crippen LogP contribution in [-0.4, -0.2) is 26.0 Å². The number of nitrogens with zero attached hydrogens (tertiary/aromatic N) is 2. The molecular formula is C20H22N2O. The van der Waals surface area contributed by atoms with Crippen LogP contribution in [0.1, 0.15) is 24.8 Å². The zero-order valence-corrected chi connectivity index (χ0v) is 13.5. The van der Waals surface area contributed by atoms with E-state index in [0.29, 0.717) is 0 Å². The summed E-state index contributed by atoms with van der Waals surface area (Å²) in [5.74, 6) is 0.270. The summed E-state index contributed by atoms with van der Waals surface area (Å²) in [5, 5.41) is 0. The Kier molecular flexibility index (Phi) is 3.37. The summed E-state index contributed by atoms with van der Waals surface area (Å²) in [6, 6.07) is 18.5. The molecule has 1 fully saturated rings. The molecule has 4 rings (SSSR count). The highest BCUT2D eigenvalue weighted by molar-refractivity contribution is 6.05. The second kappa shape index (κ2) is 5.41. The van der Waals surface area contributed by atoms with Crippen LogP contribution in [0.25, 0.3) is 0 Å². The molecule has 2 aliphatic rings. The van der Waals surface area contributed by atoms with Gasteiger partial charge in [0.1, 0.15) is 0 Å². The van der Waals surface area contributed by atoms with Crippen LogP contribution in [0, 0.1) is 0 Å². The molecular weight excluding hydrogens is 284 g/mol. The summed E-state index contributed by atoms with van der Waals surface area (Å²) in [6.07, 6.45) is 2.93. The van der Waals surface area contributed by atoms with E-state index < -0.39 is 0 Å². The van der Waals surface area contributed by atoms with Gasteiger partial charge in [-0.1, -0.05) is 42.5 Å². The van der Waals surface area contributed by atoms with Crippen molar-refractivity contribution in [2.45, 2.75) is 24.7 Å². The van der Waals surface area contributed by atoms with E-state index >= 15 is 0 Å². The highest BCUT2D eigenvalue weighted by Crippen LogP contribution is 2.50. The van der Waals surface area contributed by atoms with Crippen LogP contribution in [0.15, 0.2) is 54.6 Å². The lowest BCUT2D eigenvalue weighted by molar-refractivity contribution is -0.121. The summed E-state index contributed by atoms with van der Waals surface area (Å²) < 4.78 is 0. The fourth-order valence-electron chi connectivity index (χ4n) is 3.70. The summed E-state index contributed by atoms with van der Waals surface area (Å²) in [7, 11) is 2.11. The van der Waals surface area contributed by atoms with Crippen molar-refractivity contribution in [2.75, 3.05) is 29.9 Å². The maximum absolute atomic E-state index is 13.4. The fourth-order valence-corrected chi connectivity index (χ4v) is 3.70. The molecule has 1 aliphatic carbocycles. The summed E-state index contributed by atoms with van der Waals surface area (Å²) in [5.41, 5.74) is 3.08. The molecule has 1 aliphatic heterocycles. The smallest absolute Gasteiger partial charge is 0.237 e. The number of hydrogen-bond acceptors (Lipinski definition) is 2. The van der Waals surface area contributed by atoms with Crippen LogP contribution in [-0.2, 0) is 10.2 Å². The van der Waals surface area contributed by atoms with E-state index in [1.54, 1.807) is 0 Å². The second-order valence-electron chi connectivity index (χ2n) is 6.67. The van der Waals surface area contributed by atoms with Gasteiger partial charge >= 0.3 is 0 Å². The largest absolute Gasteiger partial charge is 0.373 e. The number of carbonyl (C=O) groups is 1. The number of amides is 1. The zero-order valence-electron chi connectivity index (χ0n) is 13.5. The molecule has 3 nitrogen and oxygen atoms in total. The van der Waals surface area contributed by atoms with Crippen LogP contribution in [0.4, 0.5) is 11.4 Å². The molecule has 0 saturated heterocycles. The van der Waals surface area contributed by atoms with Crippen LogP contribution < -0.4 is 9.80 Å². The zero-order chi connectivity index (χ0) is 15.9. The molecule has 0 unspecified atom stereocenters. The Morgan fingerprint density at radius 1 is 0.913 bits per heavy atom. The first-order chi connectivity index (χ1) is 11.2. The number of hydrogen-bond donors (Lipinski definition) is 0. The van der Waals surface area contributed by atoms with Gasteiger partial charge in [-0.05, 0) is 37.0 Å². The van der Waals surface area contributed by atoms with Gasteiger partial charge < -0.3 is 9.80 Å². The minimum absolute atomic E-state index is 0.270. The molecule has 0 radical (unpaired) electrons. The minimum Gasteiger partial charge on any atom is -0.373 e. The molecule has 0 bridgehead atoms. The normalized spacial score (nSPS) is 19.0. The van der Waals surface area contributed by atoms with Crippen molar-refractivity contribution in [3.05, 3.63) is 60.2 Å². The average molecular weight is 306 g/mol. The quantitative estimate of drug-likeness (QED) is 0.846. The van der Waals surface area contributed by atoms with Gasteiger partial charge in [0.15, 0.2) is 0 Å². The number of rotatable bonds is 2. The summed E-state index contributed by atoms with van der Waals surface area (Å²) in [6.45, 7) is 1.79. The van der Waals surface area contributed by atoms with Crippen LogP contribution in [0.5, 0.6) is 0 Å². The van der Waals surface area contributed by atoms with E-state index in [2.05, 4.69) is 36.2 Å². The Balaban J connectivity index is 1.73. The van der Waals surface area contributed by atoms with Crippen molar-refractivity contribution in [2.24, 2.45) is 0 Å². The minimum atomic E-state index is -0.294. The highest BCUT2D eigenvalue weighted by Gasteiger charge is 2.53. The number of para-hydroxylation sites is 2. The third-order valence-electron chi connectivity index (χ3n) is 5.19. The van der Waals surface area contributed by atoms with E-state index in [1.807, 2.05) is 35.2 Å². The van der Waals surface area contributed by atoms with Gasteiger partial charge in [-0.15, -0.1) is 0 Å². The maximum atomic E-state index is 13.4. The van der Waals surface area contributed by atoms with Gasteiger partial charge in [-0.25, -0.2) is 0 Å². The molecule has 0 spiro atoms. The van der Waals surface area contributed by atoms with Crippen molar-refractivity contribution in [3.63, 3.8) is 0 Å². The first-order valence-corrected chi connectivity index (χ1v) is 8.40. The standard InChI is InChI=1S/C20H22N2O/c1-21-14-7-15-22(18-11-6-5-10-17(18)21)19(23)20(12-13-20)16-8-3-2-4-9-16/h2-6,8-11H,7,12-15H2,1H3. The van der Waals surface area contributed by atoms with Crippen molar-refractivity contribution < 1.29 is 4.79 Å². The molecule has 23 heavy (non-hydrogen) atoms. The third-order valence-corrected chi connectivity index (χ3v) is 5.19. The average Bonchev–Trinajstić information content (AvgIpc) is 3.41. The Morgan fingerprint density at radius 3 is 2.26 bits per heavy atom. The van der Waals surface area contributed by atoms with Gasteiger partial charge in [0.25, 0.3) is 0 Å². The van der Waals surface area contributed by atoms with E-state index in [1.165, 1.54) is 5.56 Å². The topological polar surface area (TPSA) is 23.6 Å². The van der Waals surface area contributed by atoms with E-state index in [4.69, 9.17) is 0 Å². The molecule has 0 atom stereocenters. The Hall–Kier alpha value is -2.29. The van der Waals surface area contributed by atoms with E-state index in [9.17, 15) is 4.79 Å². The van der Waals surface area contributed by atoms with Gasteiger partial charge in [0.05, 0.1) is 16.8 Å². The van der Waals surface area contributed by atoms with Crippen molar-refractivity contribution in [3.8, 4) is 0 Å². The highest BCUT2D eigenvalue weighted by atomic mass is 16.2. The Labute approximate surface area is 137 Å². The molecule has 2 aromatic rings. The van der Waals surface area contributed by atoms with Gasteiger partial charge in [-0.3, -0.25) is 4.79 Å². The van der Waals surface area contributed by atoms with Crippen LogP contribution >= 0.6 is 0 Å². The fraction of sp³-hybridized carbons (Fsp3) is 0.350. The number of anilines is 2. The lowest BCUT2D eigenvalue weighted by Gasteiger charge is -2.28. The van der Waals surface area contributed by atoms with Crippen LogP contribution in [0.3, 0.4) is 0 Å². The number of carbonyl (C=O) groups excluding carboxylic acids is 1. The monoisotopic (exact) mass is 306 g/mol. The molecule has 1 saturated carbocycles. The molecule has 3 heteroatoms. The molecule has 2 aromatic carbocycles. The number of fused-ring (bicyclic) bond motifs is 1. The van der Waals surface area contributed by atoms with Gasteiger partial charge in [-0.2, -0.15) is 0 Å². The van der Waals surface area contributed by atoms with Crippen LogP contribution in [0.2, 0.25) is 0 Å². The van der Waals surface area contributed by atoms with Gasteiger partial charge in [0, 0.05) is 20.1 Å². The molecule has 0 aromatic heterocycles. The lowest BCUT2D eigenvalue weighted by Crippen LogP contribution is -2.40. The third kappa shape index (κ3) is 2.31. The SMILES string of the molecule is CN1CCCN(C(=O)C2(c3ccccc3)CC2)c2ccccc21. The maximum Gasteiger partial charge on any atom is 0.237 e. The van der Waals surface area contributed by atoms with E-state index in [0.717, 1.165) is 43.7 Å². The molecule has 118 valence electrons. The predicted molar refractivity (Wildman–Crippen MR) is 94.0 cm³/mol. The first-order valence-electron chi connectivity index (χ1n) is 8.40. The summed E-state index contributed by atoms with van der Waals surface area (Å²) >= 11 is 0. The van der Waals surface area contributed by atoms with Crippen molar-refractivity contribution >= 4 is 17.3 Å². The molecule has 1 heterocycles. The predicted octanol–water partition coefficient (Wildman–Crippen LogP) is 3.59. The number of benzene rings is 2. The lowest BCUT2D eigenvalue weighted by atomic mass is 9.94. The Morgan fingerprint density at radius 2 is 1.57 bits per heavy atom. The van der Waals surface area contributed by atoms with Crippen molar-refractivity contribution in [1.29, 1.82) is 0 Å². The second-order valence-corrected chi connectivity index (χ2v) is 6.67. The summed E-state index contributed by atoms with van der Waals surface area (Å²) in [4.78, 5) is 17.7. The van der Waals surface area contributed by atoms with Crippen molar-refractivity contribution in [1.82, 2.24) is 0 Å². The Bertz CT molecular complexity index is 721.